The van der Waals surface area contributed by atoms with Crippen molar-refractivity contribution in [3.05, 3.63) is 94.1 Å². The number of benzene rings is 3. The summed E-state index contributed by atoms with van der Waals surface area (Å²) in [6, 6.07) is 22.3. The van der Waals surface area contributed by atoms with E-state index in [1.165, 1.54) is 5.56 Å². The van der Waals surface area contributed by atoms with Crippen LogP contribution in [-0.4, -0.2) is 15.3 Å². The Morgan fingerprint density at radius 1 is 1.06 bits per heavy atom. The third kappa shape index (κ3) is 4.01. The van der Waals surface area contributed by atoms with Crippen molar-refractivity contribution in [2.45, 2.75) is 19.9 Å². The van der Waals surface area contributed by atoms with Crippen LogP contribution < -0.4 is 5.32 Å². The Morgan fingerprint density at radius 3 is 2.68 bits per heavy atom. The quantitative estimate of drug-likeness (QED) is 0.307. The van der Waals surface area contributed by atoms with Crippen molar-refractivity contribution >= 4 is 48.4 Å². The van der Waals surface area contributed by atoms with Crippen LogP contribution in [0, 0.1) is 0 Å². The Morgan fingerprint density at radius 2 is 1.90 bits per heavy atom. The Hall–Kier alpha value is -2.96. The molecule has 1 amide bonds. The lowest BCUT2D eigenvalue weighted by Gasteiger charge is -2.06. The summed E-state index contributed by atoms with van der Waals surface area (Å²) in [6.45, 7) is 2.65. The van der Waals surface area contributed by atoms with Gasteiger partial charge < -0.3 is 5.32 Å². The van der Waals surface area contributed by atoms with E-state index in [1.807, 2.05) is 42.5 Å². The van der Waals surface area contributed by atoms with Crippen LogP contribution in [0.5, 0.6) is 0 Å². The number of carbonyl (C=O) groups is 1. The van der Waals surface area contributed by atoms with Gasteiger partial charge in [-0.15, -0.1) is 0 Å². The van der Waals surface area contributed by atoms with Gasteiger partial charge in [0.25, 0.3) is 5.91 Å². The van der Waals surface area contributed by atoms with Gasteiger partial charge >= 0.3 is 0 Å². The molecule has 0 saturated heterocycles. The monoisotopic (exact) mass is 489 g/mol. The van der Waals surface area contributed by atoms with Gasteiger partial charge in [-0.25, -0.2) is 4.98 Å². The first-order valence-electron chi connectivity index (χ1n) is 10.1. The molecule has 5 rings (SSSR count). The molecule has 1 N–H and O–H groups in total. The first kappa shape index (κ1) is 20.0. The zero-order chi connectivity index (χ0) is 21.4. The summed E-state index contributed by atoms with van der Waals surface area (Å²) < 4.78 is 4.15. The highest BCUT2D eigenvalue weighted by Gasteiger charge is 2.13. The number of hydrogen-bond donors (Lipinski definition) is 1. The van der Waals surface area contributed by atoms with E-state index in [0.29, 0.717) is 12.1 Å². The molecule has 0 aliphatic carbocycles. The van der Waals surface area contributed by atoms with Crippen LogP contribution in [0.1, 0.15) is 28.4 Å². The number of nitrogens with zero attached hydrogens (tertiary/aromatic N) is 2. The van der Waals surface area contributed by atoms with Crippen molar-refractivity contribution < 1.29 is 4.79 Å². The predicted molar refractivity (Wildman–Crippen MR) is 131 cm³/mol. The summed E-state index contributed by atoms with van der Waals surface area (Å²) in [4.78, 5) is 18.4. The topological polar surface area (TPSA) is 46.4 Å². The number of imidazole rings is 1. The minimum atomic E-state index is -0.0791. The molecule has 2 heterocycles. The van der Waals surface area contributed by atoms with E-state index in [2.05, 4.69) is 63.0 Å². The Bertz CT molecular complexity index is 1400. The molecule has 3 aromatic carbocycles. The number of carbonyl (C=O) groups excluding carboxylic acids is 1. The Labute approximate surface area is 192 Å². The van der Waals surface area contributed by atoms with Gasteiger partial charge in [0.2, 0.25) is 0 Å². The first-order valence-corrected chi connectivity index (χ1v) is 11.8. The molecule has 0 bridgehead atoms. The van der Waals surface area contributed by atoms with Gasteiger partial charge in [-0.05, 0) is 47.9 Å². The van der Waals surface area contributed by atoms with Crippen molar-refractivity contribution in [3.8, 4) is 11.3 Å². The molecule has 0 aliphatic rings. The van der Waals surface area contributed by atoms with Gasteiger partial charge in [-0.2, -0.15) is 0 Å². The fourth-order valence-corrected chi connectivity index (χ4v) is 5.12. The van der Waals surface area contributed by atoms with Gasteiger partial charge in [0, 0.05) is 28.3 Å². The van der Waals surface area contributed by atoms with Crippen LogP contribution in [-0.2, 0) is 13.0 Å². The third-order valence-corrected chi connectivity index (χ3v) is 6.87. The van der Waals surface area contributed by atoms with Crippen LogP contribution in [0.3, 0.4) is 0 Å². The van der Waals surface area contributed by atoms with E-state index in [4.69, 9.17) is 4.98 Å². The van der Waals surface area contributed by atoms with Crippen LogP contribution in [0.15, 0.2) is 77.4 Å². The average Bonchev–Trinajstić information content (AvgIpc) is 3.35. The fourth-order valence-electron chi connectivity index (χ4n) is 3.62. The number of aromatic nitrogens is 2. The van der Waals surface area contributed by atoms with Gasteiger partial charge in [0.1, 0.15) is 0 Å². The summed E-state index contributed by atoms with van der Waals surface area (Å²) in [5, 5.41) is 3.00. The normalized spacial score (nSPS) is 11.3. The molecule has 31 heavy (non-hydrogen) atoms. The van der Waals surface area contributed by atoms with E-state index >= 15 is 0 Å². The summed E-state index contributed by atoms with van der Waals surface area (Å²) >= 11 is 5.06. The molecule has 0 saturated carbocycles. The highest BCUT2D eigenvalue weighted by molar-refractivity contribution is 9.10. The molecule has 5 aromatic rings. The number of thiazole rings is 1. The minimum absolute atomic E-state index is 0.0791. The van der Waals surface area contributed by atoms with Crippen molar-refractivity contribution in [3.63, 3.8) is 0 Å². The van der Waals surface area contributed by atoms with E-state index in [9.17, 15) is 4.79 Å². The number of nitrogens with one attached hydrogen (secondary N) is 1. The van der Waals surface area contributed by atoms with E-state index in [0.717, 1.165) is 42.9 Å². The van der Waals surface area contributed by atoms with Crippen molar-refractivity contribution in [1.82, 2.24) is 14.7 Å². The molecule has 154 valence electrons. The highest BCUT2D eigenvalue weighted by atomic mass is 79.9. The molecule has 0 unspecified atom stereocenters. The maximum absolute atomic E-state index is 12.7. The minimum Gasteiger partial charge on any atom is -0.348 e. The van der Waals surface area contributed by atoms with Crippen LogP contribution in [0.25, 0.3) is 26.4 Å². The first-order chi connectivity index (χ1) is 15.1. The van der Waals surface area contributed by atoms with Crippen LogP contribution in [0.4, 0.5) is 0 Å². The third-order valence-electron chi connectivity index (χ3n) is 5.36. The summed E-state index contributed by atoms with van der Waals surface area (Å²) in [7, 11) is 0. The van der Waals surface area contributed by atoms with Crippen LogP contribution in [0.2, 0.25) is 0 Å². The average molecular weight is 490 g/mol. The lowest BCUT2D eigenvalue weighted by atomic mass is 10.1. The van der Waals surface area contributed by atoms with Crippen molar-refractivity contribution in [2.75, 3.05) is 0 Å². The molecule has 0 atom stereocenters. The fraction of sp³-hybridized carbons (Fsp3) is 0.120. The molecule has 6 heteroatoms. The Kier molecular flexibility index (Phi) is 5.34. The van der Waals surface area contributed by atoms with Crippen molar-refractivity contribution in [1.29, 1.82) is 0 Å². The summed E-state index contributed by atoms with van der Waals surface area (Å²) in [5.74, 6) is -0.0791. The largest absolute Gasteiger partial charge is 0.348 e. The van der Waals surface area contributed by atoms with Crippen molar-refractivity contribution in [2.24, 2.45) is 0 Å². The Balaban J connectivity index is 1.39. The molecule has 0 aliphatic heterocycles. The van der Waals surface area contributed by atoms with Gasteiger partial charge in [0.15, 0.2) is 4.96 Å². The molecule has 4 nitrogen and oxygen atoms in total. The van der Waals surface area contributed by atoms with E-state index in [-0.39, 0.29) is 5.91 Å². The van der Waals surface area contributed by atoms with Gasteiger partial charge in [-0.1, -0.05) is 70.6 Å². The number of hydrogen-bond acceptors (Lipinski definition) is 3. The highest BCUT2D eigenvalue weighted by Crippen LogP contribution is 2.30. The molecule has 0 fully saturated rings. The zero-order valence-electron chi connectivity index (χ0n) is 16.9. The maximum Gasteiger partial charge on any atom is 0.251 e. The second-order valence-corrected chi connectivity index (χ2v) is 9.35. The van der Waals surface area contributed by atoms with E-state index in [1.54, 1.807) is 11.3 Å². The molecule has 2 aromatic heterocycles. The maximum atomic E-state index is 12.7. The van der Waals surface area contributed by atoms with Gasteiger partial charge in [0.05, 0.1) is 15.9 Å². The standard InChI is InChI=1S/C25H20BrN3OS/c1-2-16-6-8-18(9-7-16)21-15-29-22-11-10-19(13-23(22)31-25(29)28-21)24(30)27-14-17-4-3-5-20(26)12-17/h3-13,15H,2,14H2,1H3,(H,27,30). The molecular formula is C25H20BrN3OS. The zero-order valence-corrected chi connectivity index (χ0v) is 19.3. The second kappa shape index (κ2) is 8.29. The number of fused-ring (bicyclic) bond motifs is 3. The number of amides is 1. The molecule has 0 spiro atoms. The van der Waals surface area contributed by atoms with E-state index < -0.39 is 0 Å². The SMILES string of the molecule is CCc1ccc(-c2cn3c(n2)sc2cc(C(=O)NCc4cccc(Br)c4)ccc23)cc1. The number of halogens is 1. The summed E-state index contributed by atoms with van der Waals surface area (Å²) in [5.41, 5.74) is 6.17. The number of rotatable bonds is 5. The summed E-state index contributed by atoms with van der Waals surface area (Å²) in [6.07, 6.45) is 3.10. The van der Waals surface area contributed by atoms with Gasteiger partial charge in [-0.3, -0.25) is 9.20 Å². The lowest BCUT2D eigenvalue weighted by Crippen LogP contribution is -2.22. The predicted octanol–water partition coefficient (Wildman–Crippen LogP) is 6.47. The molecule has 0 radical (unpaired) electrons. The number of aryl methyl sites for hydroxylation is 1. The smallest absolute Gasteiger partial charge is 0.251 e. The molecular weight excluding hydrogens is 470 g/mol. The lowest BCUT2D eigenvalue weighted by molar-refractivity contribution is 0.0951. The second-order valence-electron chi connectivity index (χ2n) is 7.43. The van der Waals surface area contributed by atoms with Crippen LogP contribution >= 0.6 is 27.3 Å².